The normalized spacial score (nSPS) is 11.4. The van der Waals surface area contributed by atoms with Crippen LogP contribution < -0.4 is 5.32 Å². The van der Waals surface area contributed by atoms with Crippen molar-refractivity contribution in [2.24, 2.45) is 5.11 Å². The summed E-state index contributed by atoms with van der Waals surface area (Å²) in [5.74, 6) is -0.478. The molecular weight excluding hydrogens is 257 g/mol. The largest absolute Gasteiger partial charge is 0.298 e. The quantitative estimate of drug-likeness (QED) is 0.371. The van der Waals surface area contributed by atoms with E-state index in [0.29, 0.717) is 25.1 Å². The summed E-state index contributed by atoms with van der Waals surface area (Å²) in [6.07, 6.45) is 0.602. The maximum atomic E-state index is 13.1. The minimum Gasteiger partial charge on any atom is -0.298 e. The molecule has 0 aromatic heterocycles. The summed E-state index contributed by atoms with van der Waals surface area (Å²) in [6, 6.07) is 5.38. The van der Waals surface area contributed by atoms with Crippen molar-refractivity contribution in [3.63, 3.8) is 0 Å². The van der Waals surface area contributed by atoms with Crippen LogP contribution in [0, 0.1) is 17.1 Å². The lowest BCUT2D eigenvalue weighted by Crippen LogP contribution is -2.21. The van der Waals surface area contributed by atoms with Gasteiger partial charge < -0.3 is 0 Å². The van der Waals surface area contributed by atoms with Gasteiger partial charge in [0.05, 0.1) is 6.07 Å². The summed E-state index contributed by atoms with van der Waals surface area (Å²) >= 11 is 5.72. The fourth-order valence-corrected chi connectivity index (χ4v) is 1.65. The second-order valence-electron chi connectivity index (χ2n) is 3.53. The molecule has 1 rings (SSSR count). The molecule has 0 amide bonds. The molecule has 0 aliphatic rings. The van der Waals surface area contributed by atoms with Crippen LogP contribution in [-0.2, 0) is 0 Å². The Hall–Kier alpha value is -1.80. The molecule has 0 saturated heterocycles. The van der Waals surface area contributed by atoms with Crippen molar-refractivity contribution in [3.8, 4) is 6.07 Å². The van der Waals surface area contributed by atoms with Crippen LogP contribution in [0.3, 0.4) is 0 Å². The molecule has 1 unspecified atom stereocenters. The van der Waals surface area contributed by atoms with E-state index in [1.165, 1.54) is 12.1 Å². The predicted octanol–water partition coefficient (Wildman–Crippen LogP) is 3.33. The Bertz CT molecular complexity index is 472. The molecule has 1 atom stereocenters. The first kappa shape index (κ1) is 14.3. The molecule has 18 heavy (non-hydrogen) atoms. The zero-order chi connectivity index (χ0) is 13.4. The first-order chi connectivity index (χ1) is 8.67. The van der Waals surface area contributed by atoms with Crippen LogP contribution in [0.4, 0.5) is 4.39 Å². The van der Waals surface area contributed by atoms with Crippen LogP contribution >= 0.6 is 11.6 Å². The summed E-state index contributed by atoms with van der Waals surface area (Å²) in [6.45, 7) is 0.844. The average molecular weight is 268 g/mol. The molecule has 0 fully saturated rings. The molecule has 1 aromatic rings. The third kappa shape index (κ3) is 4.60. The van der Waals surface area contributed by atoms with Crippen LogP contribution in [-0.4, -0.2) is 13.1 Å². The third-order valence-corrected chi connectivity index (χ3v) is 2.41. The van der Waals surface area contributed by atoms with E-state index in [4.69, 9.17) is 22.4 Å². The Morgan fingerprint density at radius 2 is 2.33 bits per heavy atom. The molecule has 1 N–H and O–H groups in total. The van der Waals surface area contributed by atoms with Crippen molar-refractivity contribution in [2.45, 2.75) is 12.5 Å². The molecule has 0 saturated carbocycles. The number of halogens is 2. The van der Waals surface area contributed by atoms with Crippen molar-refractivity contribution in [3.05, 3.63) is 45.0 Å². The molecule has 0 radical (unpaired) electrons. The van der Waals surface area contributed by atoms with E-state index in [2.05, 4.69) is 15.3 Å². The van der Waals surface area contributed by atoms with Gasteiger partial charge in [-0.1, -0.05) is 16.7 Å². The van der Waals surface area contributed by atoms with Crippen molar-refractivity contribution < 1.29 is 4.39 Å². The summed E-state index contributed by atoms with van der Waals surface area (Å²) in [5.41, 5.74) is 8.57. The minimum atomic E-state index is -0.635. The molecule has 5 nitrogen and oxygen atoms in total. The predicted molar refractivity (Wildman–Crippen MR) is 66.4 cm³/mol. The van der Waals surface area contributed by atoms with Gasteiger partial charge in [0.15, 0.2) is 0 Å². The van der Waals surface area contributed by atoms with Gasteiger partial charge in [-0.3, -0.25) is 5.32 Å². The van der Waals surface area contributed by atoms with Crippen molar-refractivity contribution in [1.82, 2.24) is 5.32 Å². The van der Waals surface area contributed by atoms with E-state index in [9.17, 15) is 4.39 Å². The fraction of sp³-hybridized carbons (Fsp3) is 0.364. The SMILES string of the molecule is N#CC(NCCCN=[N+]=[N-])c1cc(F)cc(Cl)c1. The lowest BCUT2D eigenvalue weighted by Gasteiger charge is -2.11. The number of nitrogens with one attached hydrogen (secondary N) is 1. The van der Waals surface area contributed by atoms with E-state index in [0.717, 1.165) is 0 Å². The number of benzene rings is 1. The van der Waals surface area contributed by atoms with E-state index >= 15 is 0 Å². The van der Waals surface area contributed by atoms with Gasteiger partial charge in [-0.2, -0.15) is 5.26 Å². The molecule has 94 valence electrons. The lowest BCUT2D eigenvalue weighted by molar-refractivity contribution is 0.593. The molecule has 0 spiro atoms. The summed E-state index contributed by atoms with van der Waals surface area (Å²) in [5, 5.41) is 15.6. The van der Waals surface area contributed by atoms with Crippen LogP contribution in [0.5, 0.6) is 0 Å². The third-order valence-electron chi connectivity index (χ3n) is 2.19. The lowest BCUT2D eigenvalue weighted by atomic mass is 10.1. The Morgan fingerprint density at radius 3 is 2.94 bits per heavy atom. The highest BCUT2D eigenvalue weighted by Crippen LogP contribution is 2.19. The summed E-state index contributed by atoms with van der Waals surface area (Å²) in [4.78, 5) is 2.62. The maximum absolute atomic E-state index is 13.1. The Balaban J connectivity index is 2.60. The Kier molecular flexibility index (Phi) is 5.95. The first-order valence-corrected chi connectivity index (χ1v) is 5.65. The van der Waals surface area contributed by atoms with Gasteiger partial charge in [0.25, 0.3) is 0 Å². The van der Waals surface area contributed by atoms with Gasteiger partial charge in [0, 0.05) is 16.5 Å². The van der Waals surface area contributed by atoms with Gasteiger partial charge in [-0.05, 0) is 42.3 Å². The number of nitriles is 1. The molecule has 0 aliphatic carbocycles. The number of azide groups is 1. The smallest absolute Gasteiger partial charge is 0.125 e. The number of nitrogens with zero attached hydrogens (tertiary/aromatic N) is 4. The Morgan fingerprint density at radius 1 is 1.56 bits per heavy atom. The molecule has 1 aromatic carbocycles. The second-order valence-corrected chi connectivity index (χ2v) is 3.96. The highest BCUT2D eigenvalue weighted by Gasteiger charge is 2.11. The molecule has 7 heteroatoms. The van der Waals surface area contributed by atoms with Gasteiger partial charge >= 0.3 is 0 Å². The number of hydrogen-bond acceptors (Lipinski definition) is 3. The number of rotatable bonds is 6. The minimum absolute atomic E-state index is 0.251. The topological polar surface area (TPSA) is 84.6 Å². The van der Waals surface area contributed by atoms with E-state index in [-0.39, 0.29) is 5.02 Å². The van der Waals surface area contributed by atoms with Crippen molar-refractivity contribution in [2.75, 3.05) is 13.1 Å². The number of hydrogen-bond donors (Lipinski definition) is 1. The summed E-state index contributed by atoms with van der Waals surface area (Å²) < 4.78 is 13.1. The van der Waals surface area contributed by atoms with E-state index < -0.39 is 11.9 Å². The van der Waals surface area contributed by atoms with Crippen molar-refractivity contribution in [1.29, 1.82) is 5.26 Å². The Labute approximate surface area is 109 Å². The zero-order valence-corrected chi connectivity index (χ0v) is 10.2. The van der Waals surface area contributed by atoms with Gasteiger partial charge in [-0.25, -0.2) is 4.39 Å². The molecule has 0 aliphatic heterocycles. The molecular formula is C11H11ClFN5. The zero-order valence-electron chi connectivity index (χ0n) is 9.48. The molecule has 0 heterocycles. The monoisotopic (exact) mass is 267 g/mol. The van der Waals surface area contributed by atoms with E-state index in [1.54, 1.807) is 6.07 Å². The van der Waals surface area contributed by atoms with E-state index in [1.807, 2.05) is 6.07 Å². The van der Waals surface area contributed by atoms with Crippen LogP contribution in [0.15, 0.2) is 23.3 Å². The van der Waals surface area contributed by atoms with Gasteiger partial charge in [0.2, 0.25) is 0 Å². The highest BCUT2D eigenvalue weighted by atomic mass is 35.5. The first-order valence-electron chi connectivity index (χ1n) is 5.27. The average Bonchev–Trinajstić information content (AvgIpc) is 2.32. The van der Waals surface area contributed by atoms with Gasteiger partial charge in [0.1, 0.15) is 11.9 Å². The summed E-state index contributed by atoms with van der Waals surface area (Å²) in [7, 11) is 0. The van der Waals surface area contributed by atoms with Crippen LogP contribution in [0.25, 0.3) is 10.4 Å². The second kappa shape index (κ2) is 7.51. The molecule has 0 bridgehead atoms. The highest BCUT2D eigenvalue weighted by molar-refractivity contribution is 6.30. The standard InChI is InChI=1S/C11H11ClFN5/c12-9-4-8(5-10(13)6-9)11(7-14)16-2-1-3-17-18-15/h4-6,11,16H,1-3H2. The van der Waals surface area contributed by atoms with Crippen molar-refractivity contribution >= 4 is 11.6 Å². The fourth-order valence-electron chi connectivity index (χ4n) is 1.42. The van der Waals surface area contributed by atoms with Crippen LogP contribution in [0.2, 0.25) is 5.02 Å². The maximum Gasteiger partial charge on any atom is 0.125 e. The van der Waals surface area contributed by atoms with Crippen LogP contribution in [0.1, 0.15) is 18.0 Å². The van der Waals surface area contributed by atoms with Gasteiger partial charge in [-0.15, -0.1) is 0 Å².